The summed E-state index contributed by atoms with van der Waals surface area (Å²) < 4.78 is 1.98. The average Bonchev–Trinajstić information content (AvgIpc) is 3.34. The molecule has 1 heterocycles. The summed E-state index contributed by atoms with van der Waals surface area (Å²) in [6, 6.07) is 33.9. The van der Waals surface area contributed by atoms with Crippen LogP contribution in [0.4, 0.5) is 5.69 Å². The Labute approximate surface area is 213 Å². The van der Waals surface area contributed by atoms with Gasteiger partial charge in [-0.2, -0.15) is 5.10 Å². The molecule has 0 saturated carbocycles. The number of thioether (sulfide) groups is 1. The maximum Gasteiger partial charge on any atom is 0.250 e. The summed E-state index contributed by atoms with van der Waals surface area (Å²) >= 11 is 1.32. The number of amides is 1. The maximum atomic E-state index is 12.4. The first-order valence-corrected chi connectivity index (χ1v) is 12.5. The van der Waals surface area contributed by atoms with Crippen molar-refractivity contribution in [3.05, 3.63) is 115 Å². The van der Waals surface area contributed by atoms with Gasteiger partial charge in [-0.15, -0.1) is 10.2 Å². The number of carbonyl (C=O) groups excluding carboxylic acids is 1. The molecule has 0 aliphatic carbocycles. The molecule has 1 aromatic heterocycles. The van der Waals surface area contributed by atoms with Crippen molar-refractivity contribution in [1.82, 2.24) is 20.2 Å². The Balaban J connectivity index is 1.30. The fourth-order valence-electron chi connectivity index (χ4n) is 3.78. The summed E-state index contributed by atoms with van der Waals surface area (Å²) in [5.74, 6) is 0.692. The summed E-state index contributed by atoms with van der Waals surface area (Å²) in [5.41, 5.74) is 5.45. The number of carbonyl (C=O) groups is 1. The Morgan fingerprint density at radius 3 is 2.42 bits per heavy atom. The normalized spacial score (nSPS) is 11.1. The lowest BCUT2D eigenvalue weighted by molar-refractivity contribution is -0.118. The van der Waals surface area contributed by atoms with Crippen LogP contribution in [0.15, 0.2) is 113 Å². The second kappa shape index (κ2) is 11.3. The number of benzene rings is 4. The molecule has 0 atom stereocenters. The molecule has 0 radical (unpaired) electrons. The van der Waals surface area contributed by atoms with Gasteiger partial charge in [-0.25, -0.2) is 5.43 Å². The second-order valence-corrected chi connectivity index (χ2v) is 8.89. The van der Waals surface area contributed by atoms with E-state index in [2.05, 4.69) is 50.3 Å². The zero-order chi connectivity index (χ0) is 24.6. The van der Waals surface area contributed by atoms with Crippen LogP contribution in [0.3, 0.4) is 0 Å². The molecule has 8 heteroatoms. The van der Waals surface area contributed by atoms with Gasteiger partial charge >= 0.3 is 0 Å². The quantitative estimate of drug-likeness (QED) is 0.166. The van der Waals surface area contributed by atoms with Crippen LogP contribution < -0.4 is 10.7 Å². The average molecular weight is 493 g/mol. The van der Waals surface area contributed by atoms with Crippen LogP contribution in [0.1, 0.15) is 11.4 Å². The topological polar surface area (TPSA) is 84.2 Å². The molecule has 1 amide bonds. The highest BCUT2D eigenvalue weighted by Gasteiger charge is 2.16. The van der Waals surface area contributed by atoms with Crippen molar-refractivity contribution in [3.8, 4) is 5.69 Å². The highest BCUT2D eigenvalue weighted by atomic mass is 32.2. The fraction of sp³-hybridized carbons (Fsp3) is 0.0714. The van der Waals surface area contributed by atoms with Gasteiger partial charge in [-0.3, -0.25) is 9.36 Å². The molecule has 178 valence electrons. The summed E-state index contributed by atoms with van der Waals surface area (Å²) in [6.45, 7) is 0.476. The van der Waals surface area contributed by atoms with Crippen LogP contribution in [0.25, 0.3) is 16.5 Å². The van der Waals surface area contributed by atoms with Gasteiger partial charge in [0.05, 0.1) is 18.5 Å². The molecule has 2 N–H and O–H groups in total. The first kappa shape index (κ1) is 23.3. The van der Waals surface area contributed by atoms with Crippen LogP contribution in [0.5, 0.6) is 0 Å². The van der Waals surface area contributed by atoms with Gasteiger partial charge in [0.1, 0.15) is 0 Å². The molecule has 0 fully saturated rings. The van der Waals surface area contributed by atoms with E-state index in [9.17, 15) is 4.79 Å². The number of hydrazone groups is 1. The zero-order valence-electron chi connectivity index (χ0n) is 19.4. The summed E-state index contributed by atoms with van der Waals surface area (Å²) in [6.07, 6.45) is 1.62. The molecule has 5 rings (SSSR count). The minimum atomic E-state index is -0.217. The first-order chi connectivity index (χ1) is 17.8. The predicted octanol–water partition coefficient (Wildman–Crippen LogP) is 5.28. The van der Waals surface area contributed by atoms with E-state index in [1.807, 2.05) is 83.4 Å². The highest BCUT2D eigenvalue weighted by molar-refractivity contribution is 7.99. The minimum absolute atomic E-state index is 0.161. The van der Waals surface area contributed by atoms with Crippen LogP contribution in [0.2, 0.25) is 0 Å². The molecule has 0 saturated heterocycles. The lowest BCUT2D eigenvalue weighted by atomic mass is 10.1. The minimum Gasteiger partial charge on any atom is -0.377 e. The van der Waals surface area contributed by atoms with E-state index in [0.717, 1.165) is 28.1 Å². The third-order valence-corrected chi connectivity index (χ3v) is 6.41. The number of anilines is 1. The van der Waals surface area contributed by atoms with Crippen LogP contribution >= 0.6 is 11.8 Å². The molecular weight excluding hydrogens is 468 g/mol. The molecule has 7 nitrogen and oxygen atoms in total. The Kier molecular flexibility index (Phi) is 7.34. The third kappa shape index (κ3) is 5.61. The third-order valence-electron chi connectivity index (χ3n) is 5.48. The molecule has 36 heavy (non-hydrogen) atoms. The van der Waals surface area contributed by atoms with Crippen LogP contribution in [-0.2, 0) is 11.3 Å². The van der Waals surface area contributed by atoms with Gasteiger partial charge in [-0.05, 0) is 29.1 Å². The maximum absolute atomic E-state index is 12.4. The van der Waals surface area contributed by atoms with Gasteiger partial charge in [0, 0.05) is 16.8 Å². The van der Waals surface area contributed by atoms with Crippen LogP contribution in [0, 0.1) is 0 Å². The number of para-hydroxylation sites is 1. The Hall–Kier alpha value is -4.43. The van der Waals surface area contributed by atoms with Gasteiger partial charge in [-0.1, -0.05) is 96.7 Å². The van der Waals surface area contributed by atoms with E-state index in [1.165, 1.54) is 17.1 Å². The van der Waals surface area contributed by atoms with Gasteiger partial charge in [0.25, 0.3) is 5.91 Å². The van der Waals surface area contributed by atoms with Crippen molar-refractivity contribution in [3.63, 3.8) is 0 Å². The van der Waals surface area contributed by atoms with E-state index < -0.39 is 0 Å². The monoisotopic (exact) mass is 492 g/mol. The Morgan fingerprint density at radius 1 is 0.861 bits per heavy atom. The molecule has 4 aromatic carbocycles. The van der Waals surface area contributed by atoms with E-state index in [4.69, 9.17) is 0 Å². The SMILES string of the molecule is O=C(CSc1nnc(CNc2cccc3ccccc23)n1-c1ccccc1)NN=Cc1ccccc1. The standard InChI is InChI=1S/C28H24N6OS/c35-27(32-30-18-21-10-3-1-4-11-21)20-36-28-33-31-26(34(28)23-14-5-2-6-15-23)19-29-25-17-9-13-22-12-7-8-16-24(22)25/h1-18,29H,19-20H2,(H,32,35). The first-order valence-electron chi connectivity index (χ1n) is 11.5. The summed E-state index contributed by atoms with van der Waals surface area (Å²) in [7, 11) is 0. The second-order valence-electron chi connectivity index (χ2n) is 7.94. The molecule has 0 bridgehead atoms. The lowest BCUT2D eigenvalue weighted by Gasteiger charge is -2.12. The number of hydrogen-bond acceptors (Lipinski definition) is 6. The molecule has 5 aromatic rings. The number of fused-ring (bicyclic) bond motifs is 1. The van der Waals surface area contributed by atoms with E-state index in [1.54, 1.807) is 6.21 Å². The van der Waals surface area contributed by atoms with E-state index in [0.29, 0.717) is 11.7 Å². The number of rotatable bonds is 9. The molecule has 0 aliphatic rings. The Morgan fingerprint density at radius 2 is 1.58 bits per heavy atom. The zero-order valence-corrected chi connectivity index (χ0v) is 20.2. The van der Waals surface area contributed by atoms with E-state index in [-0.39, 0.29) is 11.7 Å². The van der Waals surface area contributed by atoms with Crippen molar-refractivity contribution in [2.24, 2.45) is 5.10 Å². The molecular formula is C28H24N6OS. The van der Waals surface area contributed by atoms with Crippen molar-refractivity contribution in [2.75, 3.05) is 11.1 Å². The molecule has 0 spiro atoms. The van der Waals surface area contributed by atoms with Gasteiger partial charge in [0.2, 0.25) is 0 Å². The Bertz CT molecular complexity index is 1480. The number of nitrogens with one attached hydrogen (secondary N) is 2. The van der Waals surface area contributed by atoms with Gasteiger partial charge < -0.3 is 5.32 Å². The van der Waals surface area contributed by atoms with Crippen molar-refractivity contribution in [2.45, 2.75) is 11.7 Å². The number of hydrogen-bond donors (Lipinski definition) is 2. The number of nitrogens with zero attached hydrogens (tertiary/aromatic N) is 4. The predicted molar refractivity (Wildman–Crippen MR) is 146 cm³/mol. The number of aromatic nitrogens is 3. The molecule has 0 unspecified atom stereocenters. The van der Waals surface area contributed by atoms with Crippen LogP contribution in [-0.4, -0.2) is 32.6 Å². The summed E-state index contributed by atoms with van der Waals surface area (Å²) in [5, 5.41) is 19.3. The largest absolute Gasteiger partial charge is 0.377 e. The highest BCUT2D eigenvalue weighted by Crippen LogP contribution is 2.25. The van der Waals surface area contributed by atoms with Crippen molar-refractivity contribution < 1.29 is 4.79 Å². The van der Waals surface area contributed by atoms with Crippen molar-refractivity contribution >= 4 is 40.3 Å². The van der Waals surface area contributed by atoms with Gasteiger partial charge in [0.15, 0.2) is 11.0 Å². The summed E-state index contributed by atoms with van der Waals surface area (Å²) in [4.78, 5) is 12.4. The fourth-order valence-corrected chi connectivity index (χ4v) is 4.54. The molecule has 0 aliphatic heterocycles. The lowest BCUT2D eigenvalue weighted by Crippen LogP contribution is -2.20. The van der Waals surface area contributed by atoms with E-state index >= 15 is 0 Å². The van der Waals surface area contributed by atoms with Crippen molar-refractivity contribution in [1.29, 1.82) is 0 Å². The smallest absolute Gasteiger partial charge is 0.250 e.